The lowest BCUT2D eigenvalue weighted by atomic mass is 9.81. The maximum Gasteiger partial charge on any atom is 0.0509 e. The highest BCUT2D eigenvalue weighted by molar-refractivity contribution is 5.96. The van der Waals surface area contributed by atoms with Gasteiger partial charge in [-0.3, -0.25) is 0 Å². The van der Waals surface area contributed by atoms with E-state index in [1.165, 1.54) is 33.3 Å². The van der Waals surface area contributed by atoms with Gasteiger partial charge >= 0.3 is 0 Å². The summed E-state index contributed by atoms with van der Waals surface area (Å²) < 4.78 is 0. The zero-order valence-corrected chi connectivity index (χ0v) is 10.6. The van der Waals surface area contributed by atoms with Crippen LogP contribution in [-0.4, -0.2) is 4.98 Å². The molecule has 2 aromatic carbocycles. The van der Waals surface area contributed by atoms with E-state index in [4.69, 9.17) is 0 Å². The normalized spacial score (nSPS) is 15.7. The molecule has 1 heterocycles. The van der Waals surface area contributed by atoms with E-state index in [-0.39, 0.29) is 5.41 Å². The van der Waals surface area contributed by atoms with E-state index in [9.17, 15) is 0 Å². The molecule has 1 heteroatoms. The first kappa shape index (κ1) is 9.95. The average molecular weight is 233 g/mol. The van der Waals surface area contributed by atoms with Crippen molar-refractivity contribution in [1.29, 1.82) is 0 Å². The van der Waals surface area contributed by atoms with Crippen LogP contribution in [0.4, 0.5) is 0 Å². The molecule has 0 unspecified atom stereocenters. The summed E-state index contributed by atoms with van der Waals surface area (Å²) in [4.78, 5) is 3.59. The van der Waals surface area contributed by atoms with Crippen molar-refractivity contribution in [2.75, 3.05) is 0 Å². The van der Waals surface area contributed by atoms with Crippen LogP contribution in [0.2, 0.25) is 0 Å². The fourth-order valence-corrected chi connectivity index (χ4v) is 3.37. The second-order valence-electron chi connectivity index (χ2n) is 5.59. The molecule has 0 spiro atoms. The van der Waals surface area contributed by atoms with E-state index >= 15 is 0 Å². The summed E-state index contributed by atoms with van der Waals surface area (Å²) in [5.74, 6) is 0. The van der Waals surface area contributed by atoms with Gasteiger partial charge < -0.3 is 4.98 Å². The van der Waals surface area contributed by atoms with Gasteiger partial charge in [0.1, 0.15) is 0 Å². The van der Waals surface area contributed by atoms with Gasteiger partial charge in [-0.25, -0.2) is 0 Å². The molecular formula is C17H15N. The molecule has 0 atom stereocenters. The minimum absolute atomic E-state index is 0.0888. The smallest absolute Gasteiger partial charge is 0.0509 e. The van der Waals surface area contributed by atoms with Crippen LogP contribution < -0.4 is 0 Å². The molecule has 1 N–H and O–H groups in total. The van der Waals surface area contributed by atoms with Crippen LogP contribution in [0.25, 0.3) is 22.2 Å². The Morgan fingerprint density at radius 1 is 0.889 bits per heavy atom. The lowest BCUT2D eigenvalue weighted by Gasteiger charge is -2.21. The Morgan fingerprint density at radius 2 is 1.61 bits per heavy atom. The Hall–Kier alpha value is -2.02. The van der Waals surface area contributed by atoms with Crippen LogP contribution in [0, 0.1) is 0 Å². The molecule has 1 nitrogen and oxygen atoms in total. The van der Waals surface area contributed by atoms with Gasteiger partial charge in [-0.15, -0.1) is 0 Å². The minimum atomic E-state index is 0.0888. The van der Waals surface area contributed by atoms with Crippen molar-refractivity contribution in [2.24, 2.45) is 0 Å². The van der Waals surface area contributed by atoms with E-state index in [1.807, 2.05) is 0 Å². The number of nitrogens with one attached hydrogen (secondary N) is 1. The second kappa shape index (κ2) is 3.05. The van der Waals surface area contributed by atoms with E-state index in [2.05, 4.69) is 67.4 Å². The van der Waals surface area contributed by atoms with Crippen molar-refractivity contribution in [2.45, 2.75) is 19.3 Å². The summed E-state index contributed by atoms with van der Waals surface area (Å²) in [6.45, 7) is 4.63. The highest BCUT2D eigenvalue weighted by Gasteiger charge is 2.37. The quantitative estimate of drug-likeness (QED) is 0.589. The Labute approximate surface area is 106 Å². The maximum atomic E-state index is 3.59. The van der Waals surface area contributed by atoms with Gasteiger partial charge in [-0.2, -0.15) is 0 Å². The molecule has 0 aliphatic heterocycles. The Morgan fingerprint density at radius 3 is 2.50 bits per heavy atom. The lowest BCUT2D eigenvalue weighted by Crippen LogP contribution is -2.14. The largest absolute Gasteiger partial charge is 0.354 e. The third-order valence-corrected chi connectivity index (χ3v) is 4.20. The number of rotatable bonds is 0. The van der Waals surface area contributed by atoms with E-state index in [0.717, 1.165) is 0 Å². The van der Waals surface area contributed by atoms with Crippen LogP contribution in [0.1, 0.15) is 25.0 Å². The molecule has 0 radical (unpaired) electrons. The fourth-order valence-electron chi connectivity index (χ4n) is 3.37. The molecule has 88 valence electrons. The first-order chi connectivity index (χ1) is 8.69. The number of fused-ring (bicyclic) bond motifs is 5. The van der Waals surface area contributed by atoms with Crippen LogP contribution >= 0.6 is 0 Å². The number of benzene rings is 2. The van der Waals surface area contributed by atoms with Gasteiger partial charge in [0.2, 0.25) is 0 Å². The first-order valence-corrected chi connectivity index (χ1v) is 6.40. The Kier molecular flexibility index (Phi) is 1.69. The van der Waals surface area contributed by atoms with Crippen molar-refractivity contribution >= 4 is 10.9 Å². The number of para-hydroxylation sites is 1. The summed E-state index contributed by atoms with van der Waals surface area (Å²) in [6, 6.07) is 17.3. The summed E-state index contributed by atoms with van der Waals surface area (Å²) in [7, 11) is 0. The summed E-state index contributed by atoms with van der Waals surface area (Å²) in [5.41, 5.74) is 6.86. The second-order valence-corrected chi connectivity index (χ2v) is 5.59. The summed E-state index contributed by atoms with van der Waals surface area (Å²) in [5, 5.41) is 1.36. The van der Waals surface area contributed by atoms with Gasteiger partial charge in [0, 0.05) is 21.9 Å². The molecule has 0 saturated carbocycles. The number of H-pyrrole nitrogens is 1. The number of aromatic amines is 1. The highest BCUT2D eigenvalue weighted by Crippen LogP contribution is 2.50. The molecule has 3 aromatic rings. The van der Waals surface area contributed by atoms with Gasteiger partial charge in [-0.1, -0.05) is 56.3 Å². The molecule has 0 fully saturated rings. The van der Waals surface area contributed by atoms with Gasteiger partial charge in [0.05, 0.1) is 5.69 Å². The highest BCUT2D eigenvalue weighted by atomic mass is 14.7. The molecule has 4 rings (SSSR count). The number of hydrogen-bond acceptors (Lipinski definition) is 0. The molecule has 0 bridgehead atoms. The van der Waals surface area contributed by atoms with Crippen LogP contribution in [0.15, 0.2) is 48.5 Å². The van der Waals surface area contributed by atoms with Gasteiger partial charge in [0.15, 0.2) is 0 Å². The van der Waals surface area contributed by atoms with Crippen molar-refractivity contribution in [3.63, 3.8) is 0 Å². The first-order valence-electron chi connectivity index (χ1n) is 6.40. The van der Waals surface area contributed by atoms with Crippen LogP contribution in [0.3, 0.4) is 0 Å². The Bertz CT molecular complexity index is 762. The van der Waals surface area contributed by atoms with Crippen LogP contribution in [-0.2, 0) is 5.41 Å². The van der Waals surface area contributed by atoms with Gasteiger partial charge in [0.25, 0.3) is 0 Å². The van der Waals surface area contributed by atoms with Crippen molar-refractivity contribution < 1.29 is 0 Å². The zero-order chi connectivity index (χ0) is 12.3. The summed E-state index contributed by atoms with van der Waals surface area (Å²) in [6.07, 6.45) is 0. The van der Waals surface area contributed by atoms with E-state index < -0.39 is 0 Å². The van der Waals surface area contributed by atoms with E-state index in [0.29, 0.717) is 0 Å². The topological polar surface area (TPSA) is 15.8 Å². The zero-order valence-electron chi connectivity index (χ0n) is 10.6. The Balaban J connectivity index is 2.20. The molecule has 18 heavy (non-hydrogen) atoms. The predicted octanol–water partition coefficient (Wildman–Crippen LogP) is 4.47. The third kappa shape index (κ3) is 1.02. The molecule has 1 aromatic heterocycles. The van der Waals surface area contributed by atoms with Crippen molar-refractivity contribution in [3.8, 4) is 11.3 Å². The number of aromatic nitrogens is 1. The predicted molar refractivity (Wildman–Crippen MR) is 75.9 cm³/mol. The molecular weight excluding hydrogens is 218 g/mol. The maximum absolute atomic E-state index is 3.59. The molecule has 0 amide bonds. The van der Waals surface area contributed by atoms with Crippen LogP contribution in [0.5, 0.6) is 0 Å². The number of hydrogen-bond donors (Lipinski definition) is 1. The minimum Gasteiger partial charge on any atom is -0.354 e. The molecule has 0 saturated heterocycles. The third-order valence-electron chi connectivity index (χ3n) is 4.20. The summed E-state index contributed by atoms with van der Waals surface area (Å²) >= 11 is 0. The molecule has 1 aliphatic rings. The van der Waals surface area contributed by atoms with E-state index in [1.54, 1.807) is 0 Å². The standard InChI is InChI=1S/C17H15N/c1-17(2)13-9-5-3-7-11(13)16-15(17)12-8-4-6-10-14(12)18-16/h3-10,18H,1-2H3. The molecule has 1 aliphatic carbocycles. The average Bonchev–Trinajstić information content (AvgIpc) is 2.86. The SMILES string of the molecule is CC1(C)c2ccccc2-c2[nH]c3ccccc3c21. The van der Waals surface area contributed by atoms with Gasteiger partial charge in [-0.05, 0) is 17.2 Å². The van der Waals surface area contributed by atoms with Crippen molar-refractivity contribution in [1.82, 2.24) is 4.98 Å². The lowest BCUT2D eigenvalue weighted by molar-refractivity contribution is 0.666. The van der Waals surface area contributed by atoms with Crippen molar-refractivity contribution in [3.05, 3.63) is 59.7 Å². The fraction of sp³-hybridized carbons (Fsp3) is 0.176. The monoisotopic (exact) mass is 233 g/mol.